The third kappa shape index (κ3) is 6.89. The SMILES string of the molecule is Cn1nnc(-c2ccc(-c3ccc(N4CC(COP(=O)([O-])[O-])OC4=O)cc3F)cn2)n1.[Na+].[Na+]. The molecule has 0 spiro atoms. The number of nitrogens with zero attached hydrogens (tertiary/aromatic N) is 6. The number of halogens is 1. The van der Waals surface area contributed by atoms with Crippen molar-refractivity contribution in [3.63, 3.8) is 0 Å². The predicted molar refractivity (Wildman–Crippen MR) is 98.6 cm³/mol. The summed E-state index contributed by atoms with van der Waals surface area (Å²) in [7, 11) is -3.56. The number of phosphoric ester groups is 1. The Hall–Kier alpha value is -1.25. The Kier molecular flexibility index (Phi) is 9.71. The first-order chi connectivity index (χ1) is 14.7. The van der Waals surface area contributed by atoms with Crippen LogP contribution in [0, 0.1) is 5.82 Å². The maximum absolute atomic E-state index is 14.8. The number of rotatable bonds is 6. The molecule has 4 rings (SSSR count). The molecule has 3 heterocycles. The minimum atomic E-state index is -5.19. The first-order valence-corrected chi connectivity index (χ1v) is 10.3. The number of ether oxygens (including phenoxy) is 1. The van der Waals surface area contributed by atoms with Crippen molar-refractivity contribution < 1.29 is 91.9 Å². The van der Waals surface area contributed by atoms with Gasteiger partial charge in [-0.3, -0.25) is 9.88 Å². The van der Waals surface area contributed by atoms with Crippen molar-refractivity contribution in [1.82, 2.24) is 25.2 Å². The van der Waals surface area contributed by atoms with Crippen molar-refractivity contribution in [1.29, 1.82) is 0 Å². The molecule has 0 saturated carbocycles. The molecule has 0 N–H and O–H groups in total. The molecule has 1 aromatic carbocycles. The standard InChI is InChI=1S/C17H16FN6O6P.2Na/c1-23-21-16(20-22-23)15-5-2-10(7-19-15)13-4-3-11(6-14(13)18)24-8-12(30-17(24)25)9-29-31(26,27)28;;/h2-7,12H,8-9H2,1H3,(H2,26,27,28);;/q;2*+1/p-2. The third-order valence-corrected chi connectivity index (χ3v) is 4.83. The van der Waals surface area contributed by atoms with E-state index in [1.165, 1.54) is 23.1 Å². The maximum atomic E-state index is 14.8. The van der Waals surface area contributed by atoms with Crippen LogP contribution in [-0.2, 0) is 20.9 Å². The average Bonchev–Trinajstić information content (AvgIpc) is 3.31. The molecule has 1 aliphatic heterocycles. The number of aryl methyl sites for hydroxylation is 1. The van der Waals surface area contributed by atoms with E-state index in [1.54, 1.807) is 19.2 Å². The maximum Gasteiger partial charge on any atom is 1.00 e. The number of carbonyl (C=O) groups is 1. The van der Waals surface area contributed by atoms with Gasteiger partial charge in [0, 0.05) is 17.3 Å². The third-order valence-electron chi connectivity index (χ3n) is 4.37. The number of carbonyl (C=O) groups excluding carboxylic acids is 1. The van der Waals surface area contributed by atoms with Gasteiger partial charge in [0.1, 0.15) is 17.6 Å². The van der Waals surface area contributed by atoms with Gasteiger partial charge in [-0.1, -0.05) is 6.07 Å². The fourth-order valence-electron chi connectivity index (χ4n) is 2.97. The smallest absolute Gasteiger partial charge is 0.790 e. The molecule has 1 aliphatic rings. The van der Waals surface area contributed by atoms with Crippen LogP contribution in [0.5, 0.6) is 0 Å². The summed E-state index contributed by atoms with van der Waals surface area (Å²) in [6.07, 6.45) is -0.321. The zero-order valence-electron chi connectivity index (χ0n) is 17.9. The number of benzene rings is 1. The van der Waals surface area contributed by atoms with Crippen molar-refractivity contribution in [2.45, 2.75) is 6.10 Å². The van der Waals surface area contributed by atoms with Crippen molar-refractivity contribution in [2.24, 2.45) is 7.05 Å². The van der Waals surface area contributed by atoms with E-state index in [0.717, 1.165) is 11.0 Å². The summed E-state index contributed by atoms with van der Waals surface area (Å²) in [5, 5.41) is 11.6. The van der Waals surface area contributed by atoms with Crippen LogP contribution in [0.4, 0.5) is 14.9 Å². The van der Waals surface area contributed by atoms with Crippen LogP contribution in [0.2, 0.25) is 0 Å². The molecule has 33 heavy (non-hydrogen) atoms. The number of aromatic nitrogens is 5. The average molecular weight is 494 g/mol. The summed E-state index contributed by atoms with van der Waals surface area (Å²) in [5.74, 6) is -0.276. The molecular formula is C17H14FN6Na2O6P. The quantitative estimate of drug-likeness (QED) is 0.239. The number of pyridine rings is 1. The van der Waals surface area contributed by atoms with E-state index in [-0.39, 0.29) is 76.9 Å². The van der Waals surface area contributed by atoms with Crippen LogP contribution in [0.1, 0.15) is 0 Å². The van der Waals surface area contributed by atoms with Gasteiger partial charge in [0.2, 0.25) is 5.82 Å². The van der Waals surface area contributed by atoms with Gasteiger partial charge in [-0.25, -0.2) is 9.18 Å². The monoisotopic (exact) mass is 494 g/mol. The Morgan fingerprint density at radius 2 is 2.03 bits per heavy atom. The number of hydrogen-bond acceptors (Lipinski definition) is 10. The summed E-state index contributed by atoms with van der Waals surface area (Å²) in [5.41, 5.74) is 1.42. The number of phosphoric acid groups is 1. The summed E-state index contributed by atoms with van der Waals surface area (Å²) in [4.78, 5) is 39.8. The molecule has 12 nitrogen and oxygen atoms in total. The largest absolute Gasteiger partial charge is 1.00 e. The van der Waals surface area contributed by atoms with Gasteiger partial charge in [-0.2, -0.15) is 4.80 Å². The molecule has 1 atom stereocenters. The van der Waals surface area contributed by atoms with Gasteiger partial charge in [-0.05, 0) is 29.5 Å². The second-order valence-electron chi connectivity index (χ2n) is 6.56. The van der Waals surface area contributed by atoms with Crippen molar-refractivity contribution in [3.8, 4) is 22.6 Å². The Morgan fingerprint density at radius 3 is 2.61 bits per heavy atom. The summed E-state index contributed by atoms with van der Waals surface area (Å²) >= 11 is 0. The second kappa shape index (κ2) is 11.5. The Labute approximate surface area is 231 Å². The molecule has 0 radical (unpaired) electrons. The molecule has 162 valence electrons. The molecule has 1 saturated heterocycles. The topological polar surface area (TPSA) is 158 Å². The number of amides is 1. The van der Waals surface area contributed by atoms with E-state index >= 15 is 0 Å². The van der Waals surface area contributed by atoms with Gasteiger partial charge in [0.25, 0.3) is 0 Å². The minimum Gasteiger partial charge on any atom is -0.790 e. The van der Waals surface area contributed by atoms with Gasteiger partial charge in [0.15, 0.2) is 0 Å². The fraction of sp³-hybridized carbons (Fsp3) is 0.235. The molecular weight excluding hydrogens is 480 g/mol. The number of anilines is 1. The normalized spacial score (nSPS) is 15.6. The first-order valence-electron chi connectivity index (χ1n) is 8.85. The van der Waals surface area contributed by atoms with Crippen molar-refractivity contribution >= 4 is 19.6 Å². The van der Waals surface area contributed by atoms with Crippen LogP contribution in [0.3, 0.4) is 0 Å². The van der Waals surface area contributed by atoms with Crippen LogP contribution in [0.25, 0.3) is 22.6 Å². The summed E-state index contributed by atoms with van der Waals surface area (Å²) in [6, 6.07) is 7.41. The Bertz CT molecular complexity index is 1180. The summed E-state index contributed by atoms with van der Waals surface area (Å²) in [6.45, 7) is -0.704. The van der Waals surface area contributed by atoms with E-state index in [1.807, 2.05) is 0 Å². The molecule has 16 heteroatoms. The fourth-order valence-corrected chi connectivity index (χ4v) is 3.32. The second-order valence-corrected chi connectivity index (χ2v) is 7.71. The van der Waals surface area contributed by atoms with Crippen molar-refractivity contribution in [2.75, 3.05) is 18.1 Å². The Morgan fingerprint density at radius 1 is 1.27 bits per heavy atom. The predicted octanol–water partition coefficient (Wildman–Crippen LogP) is -5.74. The van der Waals surface area contributed by atoms with Crippen LogP contribution < -0.4 is 73.8 Å². The van der Waals surface area contributed by atoms with Crippen LogP contribution in [-0.4, -0.2) is 50.5 Å². The van der Waals surface area contributed by atoms with E-state index in [9.17, 15) is 23.5 Å². The zero-order valence-corrected chi connectivity index (χ0v) is 22.8. The number of hydrogen-bond donors (Lipinski definition) is 0. The molecule has 1 unspecified atom stereocenters. The van der Waals surface area contributed by atoms with Gasteiger partial charge in [-0.15, -0.1) is 10.2 Å². The van der Waals surface area contributed by atoms with E-state index in [2.05, 4.69) is 24.9 Å². The Balaban J connectivity index is 0.00000193. The number of cyclic esters (lactones) is 1. The van der Waals surface area contributed by atoms with Crippen LogP contribution in [0.15, 0.2) is 36.5 Å². The van der Waals surface area contributed by atoms with E-state index in [4.69, 9.17) is 4.74 Å². The molecule has 2 aromatic heterocycles. The minimum absolute atomic E-state index is 0. The first kappa shape index (κ1) is 28.0. The van der Waals surface area contributed by atoms with E-state index in [0.29, 0.717) is 17.1 Å². The van der Waals surface area contributed by atoms with E-state index < -0.39 is 32.4 Å². The van der Waals surface area contributed by atoms with Crippen molar-refractivity contribution in [3.05, 3.63) is 42.3 Å². The van der Waals surface area contributed by atoms with Gasteiger partial charge < -0.3 is 23.6 Å². The molecule has 1 amide bonds. The molecule has 1 fully saturated rings. The van der Waals surface area contributed by atoms with Gasteiger partial charge in [0.05, 0.1) is 33.7 Å². The van der Waals surface area contributed by atoms with Crippen LogP contribution >= 0.6 is 7.82 Å². The molecule has 0 bridgehead atoms. The molecule has 3 aromatic rings. The molecule has 0 aliphatic carbocycles. The zero-order chi connectivity index (χ0) is 22.2. The number of tetrazole rings is 1. The van der Waals surface area contributed by atoms with Gasteiger partial charge >= 0.3 is 65.2 Å². The summed E-state index contributed by atoms with van der Waals surface area (Å²) < 4.78 is 34.4.